The van der Waals surface area contributed by atoms with E-state index >= 15 is 0 Å². The number of nitrogens with one attached hydrogen (secondary N) is 2. The first-order valence-corrected chi connectivity index (χ1v) is 9.84. The molecule has 0 bridgehead atoms. The van der Waals surface area contributed by atoms with Crippen molar-refractivity contribution in [2.45, 2.75) is 51.6 Å². The minimum Gasteiger partial charge on any atom is -0.326 e. The smallest absolute Gasteiger partial charge is 0.221 e. The average molecular weight is 370 g/mol. The number of amidine groups is 1. The van der Waals surface area contributed by atoms with Crippen LogP contribution in [0, 0.1) is 0 Å². The fraction of sp³-hybridized carbons (Fsp3) is 0.421. The van der Waals surface area contributed by atoms with Gasteiger partial charge in [0.25, 0.3) is 0 Å². The SMILES string of the molecule is CC(=O)Nc1ccc(C2=CSC3=N[C@H]4CCCC[C@H]4N23)c(NC(C)=O)c1. The molecule has 1 aromatic rings. The maximum Gasteiger partial charge on any atom is 0.221 e. The van der Waals surface area contributed by atoms with Gasteiger partial charge in [0.05, 0.1) is 23.5 Å². The monoisotopic (exact) mass is 370 g/mol. The second kappa shape index (κ2) is 6.79. The van der Waals surface area contributed by atoms with Crippen molar-refractivity contribution in [3.8, 4) is 0 Å². The molecular weight excluding hydrogens is 348 g/mol. The van der Waals surface area contributed by atoms with Crippen molar-refractivity contribution >= 4 is 45.8 Å². The molecule has 0 aromatic heterocycles. The van der Waals surface area contributed by atoms with Crippen LogP contribution >= 0.6 is 11.8 Å². The molecule has 0 spiro atoms. The first kappa shape index (κ1) is 17.1. The van der Waals surface area contributed by atoms with Crippen molar-refractivity contribution in [1.29, 1.82) is 0 Å². The summed E-state index contributed by atoms with van der Waals surface area (Å²) in [6.45, 7) is 2.96. The summed E-state index contributed by atoms with van der Waals surface area (Å²) < 4.78 is 0. The van der Waals surface area contributed by atoms with Crippen molar-refractivity contribution < 1.29 is 9.59 Å². The molecule has 6 nitrogen and oxygen atoms in total. The third-order valence-corrected chi connectivity index (χ3v) is 5.82. The standard InChI is InChI=1S/C19H22N4O2S/c1-11(24)20-13-7-8-14(16(9-13)21-12(2)25)18-10-26-19-22-15-5-3-4-6-17(15)23(18)19/h7-10,15,17H,3-6H2,1-2H3,(H,20,24)(H,21,25)/t15-,17+/m0/s1. The quantitative estimate of drug-likeness (QED) is 0.852. The summed E-state index contributed by atoms with van der Waals surface area (Å²) in [5, 5.41) is 8.86. The van der Waals surface area contributed by atoms with Crippen LogP contribution in [-0.2, 0) is 9.59 Å². The van der Waals surface area contributed by atoms with Crippen LogP contribution in [0.25, 0.3) is 5.70 Å². The van der Waals surface area contributed by atoms with Gasteiger partial charge in [-0.05, 0) is 31.0 Å². The Hall–Kier alpha value is -2.28. The number of nitrogens with zero attached hydrogens (tertiary/aromatic N) is 2. The number of fused-ring (bicyclic) bond motifs is 3. The van der Waals surface area contributed by atoms with Crippen molar-refractivity contribution in [3.63, 3.8) is 0 Å². The van der Waals surface area contributed by atoms with Gasteiger partial charge in [-0.1, -0.05) is 24.6 Å². The number of rotatable bonds is 3. The van der Waals surface area contributed by atoms with Crippen LogP contribution in [0.5, 0.6) is 0 Å². The lowest BCUT2D eigenvalue weighted by atomic mass is 9.90. The number of anilines is 2. The maximum absolute atomic E-state index is 11.7. The Balaban J connectivity index is 1.69. The predicted molar refractivity (Wildman–Crippen MR) is 106 cm³/mol. The highest BCUT2D eigenvalue weighted by atomic mass is 32.2. The molecule has 2 N–H and O–H groups in total. The molecular formula is C19H22N4O2S. The highest BCUT2D eigenvalue weighted by molar-refractivity contribution is 8.16. The number of hydrogen-bond acceptors (Lipinski definition) is 5. The van der Waals surface area contributed by atoms with E-state index in [0.717, 1.165) is 29.3 Å². The molecule has 0 radical (unpaired) electrons. The zero-order valence-electron chi connectivity index (χ0n) is 14.9. The Kier molecular flexibility index (Phi) is 4.48. The molecule has 2 amide bonds. The first-order chi connectivity index (χ1) is 12.5. The number of benzene rings is 1. The van der Waals surface area contributed by atoms with Crippen LogP contribution in [-0.4, -0.2) is 34.0 Å². The van der Waals surface area contributed by atoms with Gasteiger partial charge in [0.1, 0.15) is 0 Å². The fourth-order valence-corrected chi connectivity index (χ4v) is 4.96. The molecule has 2 atom stereocenters. The predicted octanol–water partition coefficient (Wildman–Crippen LogP) is 3.63. The summed E-state index contributed by atoms with van der Waals surface area (Å²) in [5.74, 6) is -0.274. The van der Waals surface area contributed by atoms with Crippen LogP contribution in [0.2, 0.25) is 0 Å². The molecule has 3 aliphatic rings. The van der Waals surface area contributed by atoms with Crippen molar-refractivity contribution in [1.82, 2.24) is 4.90 Å². The molecule has 1 aromatic carbocycles. The normalized spacial score (nSPS) is 23.7. The Morgan fingerprint density at radius 1 is 1.15 bits per heavy atom. The number of amides is 2. The Labute approximate surface area is 157 Å². The van der Waals surface area contributed by atoms with E-state index in [1.165, 1.54) is 26.7 Å². The highest BCUT2D eigenvalue weighted by Crippen LogP contribution is 2.45. The molecule has 1 saturated carbocycles. The second-order valence-corrected chi connectivity index (χ2v) is 7.78. The van der Waals surface area contributed by atoms with E-state index in [1.807, 2.05) is 18.2 Å². The van der Waals surface area contributed by atoms with E-state index in [-0.39, 0.29) is 11.8 Å². The molecule has 26 heavy (non-hydrogen) atoms. The van der Waals surface area contributed by atoms with E-state index in [1.54, 1.807) is 11.8 Å². The van der Waals surface area contributed by atoms with Crippen molar-refractivity contribution in [2.75, 3.05) is 10.6 Å². The zero-order chi connectivity index (χ0) is 18.3. The Morgan fingerprint density at radius 2 is 1.92 bits per heavy atom. The van der Waals surface area contributed by atoms with Crippen molar-refractivity contribution in [3.05, 3.63) is 29.2 Å². The van der Waals surface area contributed by atoms with Gasteiger partial charge >= 0.3 is 0 Å². The summed E-state index contributed by atoms with van der Waals surface area (Å²) >= 11 is 1.66. The lowest BCUT2D eigenvalue weighted by Crippen LogP contribution is -2.38. The molecule has 136 valence electrons. The average Bonchev–Trinajstić information content (AvgIpc) is 3.13. The third kappa shape index (κ3) is 3.11. The van der Waals surface area contributed by atoms with Gasteiger partial charge < -0.3 is 15.5 Å². The van der Waals surface area contributed by atoms with E-state index in [0.29, 0.717) is 23.5 Å². The molecule has 2 aliphatic heterocycles. The number of hydrogen-bond donors (Lipinski definition) is 2. The van der Waals surface area contributed by atoms with Gasteiger partial charge in [0.15, 0.2) is 5.17 Å². The van der Waals surface area contributed by atoms with Crippen molar-refractivity contribution in [2.24, 2.45) is 4.99 Å². The topological polar surface area (TPSA) is 73.8 Å². The van der Waals surface area contributed by atoms with E-state index < -0.39 is 0 Å². The lowest BCUT2D eigenvalue weighted by Gasteiger charge is -2.32. The van der Waals surface area contributed by atoms with Gasteiger partial charge in [-0.2, -0.15) is 0 Å². The molecule has 2 heterocycles. The number of thioether (sulfide) groups is 1. The minimum atomic E-state index is -0.138. The third-order valence-electron chi connectivity index (χ3n) is 4.97. The van der Waals surface area contributed by atoms with Crippen LogP contribution in [0.15, 0.2) is 28.6 Å². The Bertz CT molecular complexity index is 833. The van der Waals surface area contributed by atoms with E-state index in [2.05, 4.69) is 20.9 Å². The summed E-state index contributed by atoms with van der Waals surface area (Å²) in [4.78, 5) is 30.3. The van der Waals surface area contributed by atoms with Gasteiger partial charge in [0.2, 0.25) is 11.8 Å². The van der Waals surface area contributed by atoms with E-state index in [4.69, 9.17) is 4.99 Å². The lowest BCUT2D eigenvalue weighted by molar-refractivity contribution is -0.115. The minimum absolute atomic E-state index is 0.136. The summed E-state index contributed by atoms with van der Waals surface area (Å²) in [7, 11) is 0. The maximum atomic E-state index is 11.7. The fourth-order valence-electron chi connectivity index (χ4n) is 3.96. The Morgan fingerprint density at radius 3 is 2.69 bits per heavy atom. The van der Waals surface area contributed by atoms with Crippen LogP contribution in [0.3, 0.4) is 0 Å². The van der Waals surface area contributed by atoms with Crippen LogP contribution < -0.4 is 10.6 Å². The van der Waals surface area contributed by atoms with Gasteiger partial charge in [-0.3, -0.25) is 14.6 Å². The van der Waals surface area contributed by atoms with Gasteiger partial charge in [-0.25, -0.2) is 0 Å². The van der Waals surface area contributed by atoms with Crippen LogP contribution in [0.1, 0.15) is 45.1 Å². The molecule has 0 unspecified atom stereocenters. The number of carbonyl (C=O) groups is 2. The molecule has 0 saturated heterocycles. The largest absolute Gasteiger partial charge is 0.326 e. The number of aliphatic imine (C=N–C) groups is 1. The summed E-state index contributed by atoms with van der Waals surface area (Å²) in [5.41, 5.74) is 3.41. The molecule has 4 rings (SSSR count). The summed E-state index contributed by atoms with van der Waals surface area (Å²) in [6.07, 6.45) is 4.78. The van der Waals surface area contributed by atoms with Gasteiger partial charge in [0, 0.05) is 30.5 Å². The highest BCUT2D eigenvalue weighted by Gasteiger charge is 2.42. The first-order valence-electron chi connectivity index (χ1n) is 8.96. The van der Waals surface area contributed by atoms with E-state index in [9.17, 15) is 9.59 Å². The number of carbonyl (C=O) groups excluding carboxylic acids is 2. The summed E-state index contributed by atoms with van der Waals surface area (Å²) in [6, 6.07) is 6.45. The molecule has 1 fully saturated rings. The van der Waals surface area contributed by atoms with Crippen LogP contribution in [0.4, 0.5) is 11.4 Å². The molecule has 7 heteroatoms. The van der Waals surface area contributed by atoms with Gasteiger partial charge in [-0.15, -0.1) is 0 Å². The molecule has 1 aliphatic carbocycles. The second-order valence-electron chi connectivity index (χ2n) is 6.94. The zero-order valence-corrected chi connectivity index (χ0v) is 15.7.